The third kappa shape index (κ3) is 1.70. The topological polar surface area (TPSA) is 78.0 Å². The fraction of sp³-hybridized carbons (Fsp3) is 0.167. The molecule has 5 nitrogen and oxygen atoms in total. The molecule has 0 fully saturated rings. The number of aromatic nitrogens is 2. The van der Waals surface area contributed by atoms with Gasteiger partial charge in [-0.05, 0) is 17.2 Å². The molecule has 0 spiro atoms. The predicted molar refractivity (Wildman–Crippen MR) is 61.4 cm³/mol. The van der Waals surface area contributed by atoms with Crippen LogP contribution in [-0.4, -0.2) is 21.2 Å². The van der Waals surface area contributed by atoms with E-state index in [2.05, 4.69) is 15.5 Å². The first-order valence-electron chi connectivity index (χ1n) is 5.33. The molecule has 1 atom stereocenters. The van der Waals surface area contributed by atoms with E-state index in [4.69, 9.17) is 0 Å². The standard InChI is InChI=1S/C12H11N3O2/c16-11-4-8-3-7(1-2-10(8)15-11)12(17)9-5-13-14-6-9/h1-3,5-6,12,17H,4H2,(H,13,14)(H,15,16). The molecule has 0 aliphatic carbocycles. The van der Waals surface area contributed by atoms with Gasteiger partial charge in [0.25, 0.3) is 0 Å². The minimum Gasteiger partial charge on any atom is -0.384 e. The van der Waals surface area contributed by atoms with E-state index in [9.17, 15) is 9.90 Å². The van der Waals surface area contributed by atoms with Gasteiger partial charge in [-0.15, -0.1) is 0 Å². The summed E-state index contributed by atoms with van der Waals surface area (Å²) in [5, 5.41) is 19.3. The zero-order valence-electron chi connectivity index (χ0n) is 8.97. The first-order valence-corrected chi connectivity index (χ1v) is 5.33. The molecule has 1 amide bonds. The Morgan fingerprint density at radius 3 is 3.00 bits per heavy atom. The molecule has 1 aromatic carbocycles. The van der Waals surface area contributed by atoms with Crippen LogP contribution in [0.2, 0.25) is 0 Å². The summed E-state index contributed by atoms with van der Waals surface area (Å²) >= 11 is 0. The maximum Gasteiger partial charge on any atom is 0.228 e. The Kier molecular flexibility index (Phi) is 2.19. The quantitative estimate of drug-likeness (QED) is 0.718. The van der Waals surface area contributed by atoms with Crippen LogP contribution in [0.5, 0.6) is 0 Å². The van der Waals surface area contributed by atoms with Crippen molar-refractivity contribution >= 4 is 11.6 Å². The molecular formula is C12H11N3O2. The second-order valence-electron chi connectivity index (χ2n) is 4.08. The lowest BCUT2D eigenvalue weighted by molar-refractivity contribution is -0.115. The van der Waals surface area contributed by atoms with E-state index in [1.807, 2.05) is 18.2 Å². The first kappa shape index (κ1) is 10.0. The highest BCUT2D eigenvalue weighted by Crippen LogP contribution is 2.28. The average molecular weight is 229 g/mol. The molecule has 3 N–H and O–H groups in total. The van der Waals surface area contributed by atoms with Gasteiger partial charge in [0.2, 0.25) is 5.91 Å². The molecule has 1 unspecified atom stereocenters. The summed E-state index contributed by atoms with van der Waals surface area (Å²) in [6.07, 6.45) is 2.90. The van der Waals surface area contributed by atoms with Crippen molar-refractivity contribution in [3.63, 3.8) is 0 Å². The highest BCUT2D eigenvalue weighted by Gasteiger charge is 2.20. The van der Waals surface area contributed by atoms with Gasteiger partial charge >= 0.3 is 0 Å². The maximum atomic E-state index is 11.2. The van der Waals surface area contributed by atoms with Crippen LogP contribution in [0, 0.1) is 0 Å². The fourth-order valence-electron chi connectivity index (χ4n) is 2.02. The highest BCUT2D eigenvalue weighted by atomic mass is 16.3. The van der Waals surface area contributed by atoms with Crippen molar-refractivity contribution in [3.05, 3.63) is 47.3 Å². The van der Waals surface area contributed by atoms with Crippen LogP contribution in [0.25, 0.3) is 0 Å². The molecule has 1 aromatic heterocycles. The van der Waals surface area contributed by atoms with Gasteiger partial charge in [-0.25, -0.2) is 0 Å². The number of hydrogen-bond donors (Lipinski definition) is 3. The highest BCUT2D eigenvalue weighted by molar-refractivity contribution is 5.99. The van der Waals surface area contributed by atoms with Gasteiger partial charge < -0.3 is 10.4 Å². The zero-order chi connectivity index (χ0) is 11.8. The molecule has 0 radical (unpaired) electrons. The SMILES string of the molecule is O=C1Cc2cc(C(O)c3cn[nH]c3)ccc2N1. The van der Waals surface area contributed by atoms with E-state index in [1.54, 1.807) is 12.4 Å². The Balaban J connectivity index is 1.95. The van der Waals surface area contributed by atoms with Crippen LogP contribution in [0.15, 0.2) is 30.6 Å². The molecule has 0 saturated heterocycles. The summed E-state index contributed by atoms with van der Waals surface area (Å²) in [7, 11) is 0. The first-order chi connectivity index (χ1) is 8.24. The van der Waals surface area contributed by atoms with Gasteiger partial charge in [0, 0.05) is 17.4 Å². The molecule has 3 rings (SSSR count). The number of aromatic amines is 1. The monoisotopic (exact) mass is 229 g/mol. The number of nitrogens with zero attached hydrogens (tertiary/aromatic N) is 1. The van der Waals surface area contributed by atoms with Crippen LogP contribution < -0.4 is 5.32 Å². The predicted octanol–water partition coefficient (Wildman–Crippen LogP) is 0.986. The van der Waals surface area contributed by atoms with Crippen molar-refractivity contribution in [2.75, 3.05) is 5.32 Å². The number of carbonyl (C=O) groups excluding carboxylic acids is 1. The van der Waals surface area contributed by atoms with Crippen molar-refractivity contribution < 1.29 is 9.90 Å². The third-order valence-corrected chi connectivity index (χ3v) is 2.91. The second-order valence-corrected chi connectivity index (χ2v) is 4.08. The number of fused-ring (bicyclic) bond motifs is 1. The number of aliphatic hydroxyl groups excluding tert-OH is 1. The molecule has 2 aromatic rings. The number of anilines is 1. The van der Waals surface area contributed by atoms with Gasteiger partial charge in [-0.1, -0.05) is 12.1 Å². The Morgan fingerprint density at radius 1 is 1.35 bits per heavy atom. The number of aliphatic hydroxyl groups is 1. The molecular weight excluding hydrogens is 218 g/mol. The Bertz CT molecular complexity index is 563. The number of nitrogens with one attached hydrogen (secondary N) is 2. The normalized spacial score (nSPS) is 15.5. The number of H-pyrrole nitrogens is 1. The molecule has 0 bridgehead atoms. The van der Waals surface area contributed by atoms with E-state index < -0.39 is 6.10 Å². The minimum atomic E-state index is -0.713. The van der Waals surface area contributed by atoms with Crippen molar-refractivity contribution in [1.82, 2.24) is 10.2 Å². The van der Waals surface area contributed by atoms with E-state index in [0.29, 0.717) is 12.0 Å². The molecule has 0 saturated carbocycles. The Hall–Kier alpha value is -2.14. The Morgan fingerprint density at radius 2 is 2.24 bits per heavy atom. The summed E-state index contributed by atoms with van der Waals surface area (Å²) in [5.74, 6) is -0.00468. The van der Waals surface area contributed by atoms with Crippen LogP contribution in [0.1, 0.15) is 22.8 Å². The summed E-state index contributed by atoms with van der Waals surface area (Å²) in [6, 6.07) is 5.48. The lowest BCUT2D eigenvalue weighted by Gasteiger charge is -2.10. The summed E-state index contributed by atoms with van der Waals surface area (Å²) < 4.78 is 0. The van der Waals surface area contributed by atoms with Crippen molar-refractivity contribution in [2.45, 2.75) is 12.5 Å². The molecule has 17 heavy (non-hydrogen) atoms. The lowest BCUT2D eigenvalue weighted by Crippen LogP contribution is -2.03. The zero-order valence-corrected chi connectivity index (χ0v) is 8.97. The lowest BCUT2D eigenvalue weighted by atomic mass is 10.0. The smallest absolute Gasteiger partial charge is 0.228 e. The van der Waals surface area contributed by atoms with Crippen molar-refractivity contribution in [3.8, 4) is 0 Å². The molecule has 5 heteroatoms. The summed E-state index contributed by atoms with van der Waals surface area (Å²) in [5.41, 5.74) is 3.23. The largest absolute Gasteiger partial charge is 0.384 e. The summed E-state index contributed by atoms with van der Waals surface area (Å²) in [6.45, 7) is 0. The van der Waals surface area contributed by atoms with E-state index in [1.165, 1.54) is 0 Å². The van der Waals surface area contributed by atoms with Crippen LogP contribution >= 0.6 is 0 Å². The molecule has 2 heterocycles. The van der Waals surface area contributed by atoms with Crippen LogP contribution in [0.4, 0.5) is 5.69 Å². The van der Waals surface area contributed by atoms with E-state index >= 15 is 0 Å². The third-order valence-electron chi connectivity index (χ3n) is 2.91. The van der Waals surface area contributed by atoms with Crippen molar-refractivity contribution in [2.24, 2.45) is 0 Å². The van der Waals surface area contributed by atoms with Gasteiger partial charge in [-0.2, -0.15) is 5.10 Å². The second kappa shape index (κ2) is 3.71. The van der Waals surface area contributed by atoms with Gasteiger partial charge in [-0.3, -0.25) is 9.89 Å². The Labute approximate surface area is 97.5 Å². The number of benzene rings is 1. The number of carbonyl (C=O) groups is 1. The van der Waals surface area contributed by atoms with E-state index in [0.717, 1.165) is 16.8 Å². The maximum absolute atomic E-state index is 11.2. The molecule has 1 aliphatic heterocycles. The molecule has 1 aliphatic rings. The number of rotatable bonds is 2. The molecule has 86 valence electrons. The van der Waals surface area contributed by atoms with Gasteiger partial charge in [0.05, 0.1) is 12.6 Å². The van der Waals surface area contributed by atoms with Gasteiger partial charge in [0.15, 0.2) is 0 Å². The van der Waals surface area contributed by atoms with Crippen LogP contribution in [0.3, 0.4) is 0 Å². The van der Waals surface area contributed by atoms with Crippen molar-refractivity contribution in [1.29, 1.82) is 0 Å². The van der Waals surface area contributed by atoms with Crippen LogP contribution in [-0.2, 0) is 11.2 Å². The number of amides is 1. The van der Waals surface area contributed by atoms with E-state index in [-0.39, 0.29) is 5.91 Å². The summed E-state index contributed by atoms with van der Waals surface area (Å²) in [4.78, 5) is 11.2. The fourth-order valence-corrected chi connectivity index (χ4v) is 2.02. The average Bonchev–Trinajstić information content (AvgIpc) is 2.94. The number of hydrogen-bond acceptors (Lipinski definition) is 3. The minimum absolute atomic E-state index is 0.00468. The van der Waals surface area contributed by atoms with Gasteiger partial charge in [0.1, 0.15) is 6.10 Å².